The van der Waals surface area contributed by atoms with Crippen molar-refractivity contribution >= 4 is 35.0 Å². The summed E-state index contributed by atoms with van der Waals surface area (Å²) in [6.45, 7) is 8.09. The molecule has 1 atom stereocenters. The Labute approximate surface area is 250 Å². The molecule has 0 bridgehead atoms. The summed E-state index contributed by atoms with van der Waals surface area (Å²) in [7, 11) is 3.80. The van der Waals surface area contributed by atoms with Crippen molar-refractivity contribution in [3.63, 3.8) is 0 Å². The van der Waals surface area contributed by atoms with Crippen LogP contribution in [0.2, 0.25) is 10.0 Å². The molecule has 2 fully saturated rings. The molecule has 2 saturated heterocycles. The normalized spacial score (nSPS) is 18.7. The van der Waals surface area contributed by atoms with Crippen LogP contribution in [0.25, 0.3) is 0 Å². The maximum absolute atomic E-state index is 13.7. The van der Waals surface area contributed by atoms with Crippen LogP contribution < -0.4 is 0 Å². The Morgan fingerprint density at radius 1 is 0.900 bits per heavy atom. The van der Waals surface area contributed by atoms with E-state index in [0.717, 1.165) is 64.1 Å². The van der Waals surface area contributed by atoms with Crippen LogP contribution in [-0.4, -0.2) is 96.9 Å². The van der Waals surface area contributed by atoms with Crippen molar-refractivity contribution in [3.8, 4) is 0 Å². The monoisotopic (exact) mass is 586 g/mol. The Balaban J connectivity index is 1.45. The number of carbonyl (C=O) groups excluding carboxylic acids is 2. The molecule has 0 unspecified atom stereocenters. The first-order valence-corrected chi connectivity index (χ1v) is 15.5. The second-order valence-corrected chi connectivity index (χ2v) is 12.3. The molecule has 0 N–H and O–H groups in total. The smallest absolute Gasteiger partial charge is 0.253 e. The van der Waals surface area contributed by atoms with Gasteiger partial charge in [0.1, 0.15) is 5.54 Å². The van der Waals surface area contributed by atoms with Gasteiger partial charge in [0.25, 0.3) is 5.91 Å². The van der Waals surface area contributed by atoms with Crippen molar-refractivity contribution in [2.45, 2.75) is 56.9 Å². The number of rotatable bonds is 10. The van der Waals surface area contributed by atoms with Gasteiger partial charge >= 0.3 is 0 Å². The fourth-order valence-corrected chi connectivity index (χ4v) is 6.62. The lowest BCUT2D eigenvalue weighted by Gasteiger charge is -2.50. The Bertz CT molecular complexity index is 1130. The van der Waals surface area contributed by atoms with Gasteiger partial charge in [-0.25, -0.2) is 0 Å². The first-order chi connectivity index (χ1) is 19.2. The number of likely N-dealkylation sites (N-methyl/N-ethyl adjacent to an activating group) is 2. The minimum Gasteiger partial charge on any atom is -0.344 e. The summed E-state index contributed by atoms with van der Waals surface area (Å²) in [5.41, 5.74) is 1.39. The average molecular weight is 588 g/mol. The number of hydrogen-bond acceptors (Lipinski definition) is 4. The molecule has 2 amide bonds. The van der Waals surface area contributed by atoms with Gasteiger partial charge in [0.05, 0.1) is 10.0 Å². The van der Waals surface area contributed by atoms with E-state index in [1.807, 2.05) is 67.5 Å². The lowest BCUT2D eigenvalue weighted by Crippen LogP contribution is -2.64. The number of halogens is 2. The third-order valence-corrected chi connectivity index (χ3v) is 9.67. The lowest BCUT2D eigenvalue weighted by molar-refractivity contribution is -0.148. The van der Waals surface area contributed by atoms with Gasteiger partial charge < -0.3 is 14.7 Å². The van der Waals surface area contributed by atoms with Crippen LogP contribution in [-0.2, 0) is 4.79 Å². The highest BCUT2D eigenvalue weighted by Crippen LogP contribution is 2.35. The Morgan fingerprint density at radius 3 is 2.20 bits per heavy atom. The van der Waals surface area contributed by atoms with Gasteiger partial charge in [-0.15, -0.1) is 0 Å². The third-order valence-electron chi connectivity index (χ3n) is 8.93. The molecular formula is C32H44Cl2N4O2. The first-order valence-electron chi connectivity index (χ1n) is 14.7. The number of hydrogen-bond donors (Lipinski definition) is 0. The summed E-state index contributed by atoms with van der Waals surface area (Å²) in [6.07, 6.45) is 6.21. The van der Waals surface area contributed by atoms with Crippen molar-refractivity contribution in [2.75, 3.05) is 59.9 Å². The standard InChI is InChI=1S/C32H44Cl2N4O2/c1-4-35(2)31(40)32(38-18-9-6-10-19-38)16-21-37(22-17-32)20-15-27(26-13-14-28(33)29(34)23-26)24-36(3)30(39)25-11-7-5-8-12-25/h5,7-8,11-14,23,27H,4,6,9-10,15-22,24H2,1-3H3/t27-/m1/s1. The highest BCUT2D eigenvalue weighted by Gasteiger charge is 2.47. The number of likely N-dealkylation sites (tertiary alicyclic amines) is 2. The number of benzene rings is 2. The average Bonchev–Trinajstić information content (AvgIpc) is 3.00. The quantitative estimate of drug-likeness (QED) is 0.340. The Hall–Kier alpha value is -2.12. The fourth-order valence-electron chi connectivity index (χ4n) is 6.32. The van der Waals surface area contributed by atoms with E-state index in [-0.39, 0.29) is 23.3 Å². The van der Waals surface area contributed by atoms with Crippen molar-refractivity contribution in [1.29, 1.82) is 0 Å². The molecule has 2 aromatic rings. The lowest BCUT2D eigenvalue weighted by atomic mass is 9.82. The summed E-state index contributed by atoms with van der Waals surface area (Å²) < 4.78 is 0. The minimum absolute atomic E-state index is 0.00787. The van der Waals surface area contributed by atoms with Gasteiger partial charge in [0, 0.05) is 51.8 Å². The van der Waals surface area contributed by atoms with Gasteiger partial charge in [-0.1, -0.05) is 53.9 Å². The molecule has 218 valence electrons. The summed E-state index contributed by atoms with van der Waals surface area (Å²) >= 11 is 12.6. The number of carbonyl (C=O) groups is 2. The summed E-state index contributed by atoms with van der Waals surface area (Å²) in [6, 6.07) is 15.2. The van der Waals surface area contributed by atoms with Crippen LogP contribution in [0.5, 0.6) is 0 Å². The van der Waals surface area contributed by atoms with E-state index in [0.29, 0.717) is 22.2 Å². The van der Waals surface area contributed by atoms with Gasteiger partial charge in [-0.05, 0) is 88.5 Å². The van der Waals surface area contributed by atoms with Crippen LogP contribution in [0.3, 0.4) is 0 Å². The van der Waals surface area contributed by atoms with Crippen molar-refractivity contribution < 1.29 is 9.59 Å². The predicted octanol–water partition coefficient (Wildman–Crippen LogP) is 6.04. The fraction of sp³-hybridized carbons (Fsp3) is 0.562. The van der Waals surface area contributed by atoms with Crippen molar-refractivity contribution in [2.24, 2.45) is 0 Å². The van der Waals surface area contributed by atoms with E-state index in [1.165, 1.54) is 19.3 Å². The summed E-state index contributed by atoms with van der Waals surface area (Å²) in [5.74, 6) is 0.397. The first kappa shape index (κ1) is 30.8. The van der Waals surface area contributed by atoms with E-state index in [2.05, 4.69) is 16.7 Å². The van der Waals surface area contributed by atoms with Crippen molar-refractivity contribution in [1.82, 2.24) is 19.6 Å². The van der Waals surface area contributed by atoms with Gasteiger partial charge in [-0.3, -0.25) is 14.5 Å². The highest BCUT2D eigenvalue weighted by molar-refractivity contribution is 6.42. The number of amides is 2. The van der Waals surface area contributed by atoms with E-state index < -0.39 is 0 Å². The molecule has 0 radical (unpaired) electrons. The molecule has 2 aliphatic rings. The molecule has 0 saturated carbocycles. The second kappa shape index (κ2) is 14.2. The topological polar surface area (TPSA) is 47.1 Å². The molecule has 2 aromatic carbocycles. The second-order valence-electron chi connectivity index (χ2n) is 11.5. The molecule has 0 aliphatic carbocycles. The van der Waals surface area contributed by atoms with Gasteiger partial charge in [0.2, 0.25) is 5.91 Å². The molecule has 2 aliphatic heterocycles. The summed E-state index contributed by atoms with van der Waals surface area (Å²) in [5, 5.41) is 1.06. The van der Waals surface area contributed by atoms with Crippen molar-refractivity contribution in [3.05, 3.63) is 69.7 Å². The predicted molar refractivity (Wildman–Crippen MR) is 164 cm³/mol. The zero-order valence-corrected chi connectivity index (χ0v) is 25.8. The largest absolute Gasteiger partial charge is 0.344 e. The highest BCUT2D eigenvalue weighted by atomic mass is 35.5. The Morgan fingerprint density at radius 2 is 1.57 bits per heavy atom. The van der Waals surface area contributed by atoms with Gasteiger partial charge in [0.15, 0.2) is 0 Å². The molecule has 0 spiro atoms. The van der Waals surface area contributed by atoms with E-state index >= 15 is 0 Å². The maximum atomic E-state index is 13.7. The van der Waals surface area contributed by atoms with Crippen LogP contribution in [0.15, 0.2) is 48.5 Å². The molecular weight excluding hydrogens is 543 g/mol. The number of nitrogens with zero attached hydrogens (tertiary/aromatic N) is 4. The molecule has 0 aromatic heterocycles. The van der Waals surface area contributed by atoms with E-state index in [4.69, 9.17) is 23.2 Å². The zero-order valence-electron chi connectivity index (χ0n) is 24.2. The van der Waals surface area contributed by atoms with Crippen LogP contribution >= 0.6 is 23.2 Å². The SMILES string of the molecule is CCN(C)C(=O)C1(N2CCCCC2)CCN(CC[C@H](CN(C)C(=O)c2ccccc2)c2ccc(Cl)c(Cl)c2)CC1. The number of piperidine rings is 2. The van der Waals surface area contributed by atoms with Crippen LogP contribution in [0.4, 0.5) is 0 Å². The molecule has 40 heavy (non-hydrogen) atoms. The van der Waals surface area contributed by atoms with Crippen LogP contribution in [0, 0.1) is 0 Å². The molecule has 2 heterocycles. The van der Waals surface area contributed by atoms with Gasteiger partial charge in [-0.2, -0.15) is 0 Å². The summed E-state index contributed by atoms with van der Waals surface area (Å²) in [4.78, 5) is 35.5. The molecule has 8 heteroatoms. The van der Waals surface area contributed by atoms with Crippen LogP contribution in [0.1, 0.15) is 67.3 Å². The van der Waals surface area contributed by atoms with E-state index in [9.17, 15) is 9.59 Å². The van der Waals surface area contributed by atoms with E-state index in [1.54, 1.807) is 4.90 Å². The minimum atomic E-state index is -0.382. The maximum Gasteiger partial charge on any atom is 0.253 e. The Kier molecular flexibility index (Phi) is 10.9. The molecule has 4 rings (SSSR count). The molecule has 6 nitrogen and oxygen atoms in total. The zero-order chi connectivity index (χ0) is 28.7. The third kappa shape index (κ3) is 7.20.